The molecular weight excluding hydrogens is 265 g/mol. The van der Waals surface area contributed by atoms with Gasteiger partial charge in [0.2, 0.25) is 5.13 Å². The van der Waals surface area contributed by atoms with Crippen LogP contribution in [0.25, 0.3) is 11.0 Å². The molecule has 96 valence electrons. The minimum absolute atomic E-state index is 0.338. The van der Waals surface area contributed by atoms with Crippen LogP contribution in [0.2, 0.25) is 0 Å². The Balaban J connectivity index is 1.88. The van der Waals surface area contributed by atoms with E-state index in [9.17, 15) is 4.39 Å². The third kappa shape index (κ3) is 2.34. The molecule has 0 atom stereocenters. The number of fused-ring (bicyclic) bond motifs is 1. The van der Waals surface area contributed by atoms with Crippen LogP contribution in [0, 0.1) is 12.7 Å². The summed E-state index contributed by atoms with van der Waals surface area (Å²) in [6.45, 7) is 1.90. The highest BCUT2D eigenvalue weighted by atomic mass is 32.1. The minimum Gasteiger partial charge on any atom is -0.464 e. The van der Waals surface area contributed by atoms with Crippen LogP contribution in [0.15, 0.2) is 39.4 Å². The van der Waals surface area contributed by atoms with Gasteiger partial charge in [0.1, 0.15) is 11.4 Å². The summed E-state index contributed by atoms with van der Waals surface area (Å²) in [4.78, 5) is 4.20. The summed E-state index contributed by atoms with van der Waals surface area (Å²) in [5, 5.41) is 7.29. The molecule has 1 aromatic carbocycles. The molecule has 2 aromatic heterocycles. The molecule has 0 saturated heterocycles. The molecule has 0 amide bonds. The Kier molecular flexibility index (Phi) is 3.00. The molecule has 3 aromatic rings. The summed E-state index contributed by atoms with van der Waals surface area (Å²) < 4.78 is 19.0. The summed E-state index contributed by atoms with van der Waals surface area (Å²) in [6.07, 6.45) is 2.96. The zero-order chi connectivity index (χ0) is 13.2. The van der Waals surface area contributed by atoms with E-state index in [0.29, 0.717) is 21.7 Å². The molecule has 0 bridgehead atoms. The van der Waals surface area contributed by atoms with Gasteiger partial charge in [-0.05, 0) is 25.1 Å². The van der Waals surface area contributed by atoms with E-state index in [1.165, 1.54) is 29.9 Å². The Morgan fingerprint density at radius 2 is 2.32 bits per heavy atom. The second kappa shape index (κ2) is 4.81. The molecule has 0 radical (unpaired) electrons. The van der Waals surface area contributed by atoms with E-state index >= 15 is 0 Å². The maximum Gasteiger partial charge on any atom is 0.203 e. The molecule has 19 heavy (non-hydrogen) atoms. The summed E-state index contributed by atoms with van der Waals surface area (Å²) in [7, 11) is 0. The average Bonchev–Trinajstić information content (AvgIpc) is 3.01. The standard InChI is InChI=1S/C13H10FN3OS/c1-8-7-19-13(16-8)17-15-6-10-9-4-5-18-12(9)3-2-11(10)14/h2-7H,1H3,(H,16,17). The molecule has 6 heteroatoms. The fraction of sp³-hybridized carbons (Fsp3) is 0.0769. The van der Waals surface area contributed by atoms with Crippen molar-refractivity contribution >= 4 is 33.7 Å². The van der Waals surface area contributed by atoms with E-state index in [0.717, 1.165) is 5.69 Å². The van der Waals surface area contributed by atoms with Gasteiger partial charge in [-0.25, -0.2) is 9.37 Å². The highest BCUT2D eigenvalue weighted by Crippen LogP contribution is 2.21. The van der Waals surface area contributed by atoms with Gasteiger partial charge in [0, 0.05) is 16.3 Å². The third-order valence-electron chi connectivity index (χ3n) is 2.60. The van der Waals surface area contributed by atoms with Crippen molar-refractivity contribution in [1.29, 1.82) is 0 Å². The first-order valence-electron chi connectivity index (χ1n) is 5.61. The fourth-order valence-corrected chi connectivity index (χ4v) is 2.37. The lowest BCUT2D eigenvalue weighted by Crippen LogP contribution is -1.93. The van der Waals surface area contributed by atoms with Crippen LogP contribution in [-0.4, -0.2) is 11.2 Å². The molecule has 0 aliphatic heterocycles. The highest BCUT2D eigenvalue weighted by Gasteiger charge is 2.07. The molecule has 0 fully saturated rings. The van der Waals surface area contributed by atoms with Crippen molar-refractivity contribution < 1.29 is 8.81 Å². The number of nitrogens with zero attached hydrogens (tertiary/aromatic N) is 2. The van der Waals surface area contributed by atoms with E-state index in [-0.39, 0.29) is 5.82 Å². The van der Waals surface area contributed by atoms with Crippen molar-refractivity contribution in [2.24, 2.45) is 5.10 Å². The van der Waals surface area contributed by atoms with Crippen LogP contribution in [0.3, 0.4) is 0 Å². The molecule has 0 saturated carbocycles. The second-order valence-electron chi connectivity index (χ2n) is 3.96. The van der Waals surface area contributed by atoms with Crippen molar-refractivity contribution in [3.8, 4) is 0 Å². The Labute approximate surface area is 112 Å². The van der Waals surface area contributed by atoms with Crippen LogP contribution in [0.4, 0.5) is 9.52 Å². The summed E-state index contributed by atoms with van der Waals surface area (Å²) in [5.74, 6) is -0.338. The SMILES string of the molecule is Cc1csc(NN=Cc2c(F)ccc3occc23)n1. The number of anilines is 1. The highest BCUT2D eigenvalue weighted by molar-refractivity contribution is 7.13. The van der Waals surface area contributed by atoms with Gasteiger partial charge >= 0.3 is 0 Å². The number of hydrogen-bond donors (Lipinski definition) is 1. The Bertz CT molecular complexity index is 747. The van der Waals surface area contributed by atoms with E-state index < -0.39 is 0 Å². The number of aromatic nitrogens is 1. The third-order valence-corrected chi connectivity index (χ3v) is 3.46. The largest absolute Gasteiger partial charge is 0.464 e. The second-order valence-corrected chi connectivity index (χ2v) is 4.82. The number of thiazole rings is 1. The molecule has 1 N–H and O–H groups in total. The van der Waals surface area contributed by atoms with Gasteiger partial charge in [-0.1, -0.05) is 0 Å². The first kappa shape index (κ1) is 11.9. The zero-order valence-electron chi connectivity index (χ0n) is 10.1. The molecular formula is C13H10FN3OS. The van der Waals surface area contributed by atoms with Crippen LogP contribution in [-0.2, 0) is 0 Å². The Hall–Kier alpha value is -2.21. The maximum absolute atomic E-state index is 13.8. The lowest BCUT2D eigenvalue weighted by Gasteiger charge is -1.98. The van der Waals surface area contributed by atoms with Crippen molar-refractivity contribution in [3.63, 3.8) is 0 Å². The number of halogens is 1. The first-order chi connectivity index (χ1) is 9.24. The number of nitrogens with one attached hydrogen (secondary N) is 1. The maximum atomic E-state index is 13.8. The molecule has 3 rings (SSSR count). The van der Waals surface area contributed by atoms with Crippen molar-refractivity contribution in [2.45, 2.75) is 6.92 Å². The van der Waals surface area contributed by atoms with Crippen molar-refractivity contribution in [3.05, 3.63) is 46.9 Å². The predicted octanol–water partition coefficient (Wildman–Crippen LogP) is 3.78. The van der Waals surface area contributed by atoms with Gasteiger partial charge in [-0.2, -0.15) is 5.10 Å². The Morgan fingerprint density at radius 1 is 1.42 bits per heavy atom. The van der Waals surface area contributed by atoms with E-state index in [4.69, 9.17) is 4.42 Å². The van der Waals surface area contributed by atoms with Gasteiger partial charge in [0.25, 0.3) is 0 Å². The zero-order valence-corrected chi connectivity index (χ0v) is 10.9. The number of rotatable bonds is 3. The summed E-state index contributed by atoms with van der Waals surface area (Å²) in [6, 6.07) is 4.67. The topological polar surface area (TPSA) is 50.4 Å². The molecule has 0 spiro atoms. The number of aryl methyl sites for hydroxylation is 1. The van der Waals surface area contributed by atoms with Gasteiger partial charge in [0.15, 0.2) is 0 Å². The lowest BCUT2D eigenvalue weighted by molar-refractivity contribution is 0.609. The first-order valence-corrected chi connectivity index (χ1v) is 6.49. The van der Waals surface area contributed by atoms with E-state index in [1.807, 2.05) is 12.3 Å². The quantitative estimate of drug-likeness (QED) is 0.584. The molecule has 0 aliphatic carbocycles. The van der Waals surface area contributed by atoms with Crippen molar-refractivity contribution in [1.82, 2.24) is 4.98 Å². The van der Waals surface area contributed by atoms with E-state index in [2.05, 4.69) is 15.5 Å². The lowest BCUT2D eigenvalue weighted by atomic mass is 10.1. The number of benzene rings is 1. The molecule has 2 heterocycles. The summed E-state index contributed by atoms with van der Waals surface area (Å²) in [5.41, 5.74) is 4.73. The normalized spacial score (nSPS) is 11.5. The fourth-order valence-electron chi connectivity index (χ4n) is 1.73. The number of furan rings is 1. The average molecular weight is 275 g/mol. The smallest absolute Gasteiger partial charge is 0.203 e. The number of hydrazone groups is 1. The summed E-state index contributed by atoms with van der Waals surface area (Å²) >= 11 is 1.45. The Morgan fingerprint density at radius 3 is 3.11 bits per heavy atom. The molecule has 0 unspecified atom stereocenters. The minimum atomic E-state index is -0.338. The van der Waals surface area contributed by atoms with Gasteiger partial charge in [0.05, 0.1) is 18.2 Å². The monoisotopic (exact) mass is 275 g/mol. The van der Waals surface area contributed by atoms with Crippen LogP contribution in [0.5, 0.6) is 0 Å². The van der Waals surface area contributed by atoms with Gasteiger partial charge in [-0.3, -0.25) is 5.43 Å². The molecule has 4 nitrogen and oxygen atoms in total. The van der Waals surface area contributed by atoms with Crippen LogP contribution >= 0.6 is 11.3 Å². The van der Waals surface area contributed by atoms with E-state index in [1.54, 1.807) is 12.1 Å². The predicted molar refractivity (Wildman–Crippen MR) is 74.2 cm³/mol. The van der Waals surface area contributed by atoms with Gasteiger partial charge in [-0.15, -0.1) is 11.3 Å². The van der Waals surface area contributed by atoms with Gasteiger partial charge < -0.3 is 4.42 Å². The van der Waals surface area contributed by atoms with Crippen molar-refractivity contribution in [2.75, 3.05) is 5.43 Å². The number of hydrogen-bond acceptors (Lipinski definition) is 5. The van der Waals surface area contributed by atoms with Crippen LogP contribution < -0.4 is 5.43 Å². The van der Waals surface area contributed by atoms with Crippen LogP contribution in [0.1, 0.15) is 11.3 Å². The molecule has 0 aliphatic rings.